The summed E-state index contributed by atoms with van der Waals surface area (Å²) in [6.45, 7) is 2.79. The number of benzene rings is 1. The van der Waals surface area contributed by atoms with E-state index in [2.05, 4.69) is 27.3 Å². The van der Waals surface area contributed by atoms with Crippen molar-refractivity contribution in [3.8, 4) is 0 Å². The Labute approximate surface area is 129 Å². The molecule has 1 fully saturated rings. The van der Waals surface area contributed by atoms with Crippen molar-refractivity contribution in [3.05, 3.63) is 34.3 Å². The first kappa shape index (κ1) is 15.5. The van der Waals surface area contributed by atoms with Gasteiger partial charge in [-0.3, -0.25) is 4.79 Å². The van der Waals surface area contributed by atoms with Crippen LogP contribution in [0.3, 0.4) is 0 Å². The van der Waals surface area contributed by atoms with Gasteiger partial charge in [-0.2, -0.15) is 0 Å². The van der Waals surface area contributed by atoms with E-state index in [-0.39, 0.29) is 17.9 Å². The fourth-order valence-electron chi connectivity index (χ4n) is 2.85. The second-order valence-electron chi connectivity index (χ2n) is 5.74. The molecule has 1 amide bonds. The molecule has 1 aromatic carbocycles. The lowest BCUT2D eigenvalue weighted by molar-refractivity contribution is -0.126. The summed E-state index contributed by atoms with van der Waals surface area (Å²) in [5.74, 6) is 0.960. The number of amides is 1. The monoisotopic (exact) mass is 338 g/mol. The summed E-state index contributed by atoms with van der Waals surface area (Å²) in [7, 11) is 0. The van der Waals surface area contributed by atoms with E-state index in [0.29, 0.717) is 5.92 Å². The van der Waals surface area contributed by atoms with Gasteiger partial charge in [-0.05, 0) is 62.8 Å². The third-order valence-corrected chi connectivity index (χ3v) is 4.75. The van der Waals surface area contributed by atoms with Gasteiger partial charge in [-0.25, -0.2) is 0 Å². The lowest BCUT2D eigenvalue weighted by Gasteiger charge is -2.28. The molecule has 0 bridgehead atoms. The molecule has 0 spiro atoms. The molecule has 0 heterocycles. The molecule has 110 valence electrons. The largest absolute Gasteiger partial charge is 0.349 e. The van der Waals surface area contributed by atoms with Gasteiger partial charge < -0.3 is 11.1 Å². The summed E-state index contributed by atoms with van der Waals surface area (Å²) in [6, 6.07) is 8.13. The highest BCUT2D eigenvalue weighted by molar-refractivity contribution is 9.10. The van der Waals surface area contributed by atoms with Crippen molar-refractivity contribution in [1.82, 2.24) is 5.32 Å². The van der Waals surface area contributed by atoms with Gasteiger partial charge in [-0.1, -0.05) is 28.1 Å². The standard InChI is InChI=1S/C16H23BrN2O/c1-11(14-3-2-4-15(17)9-14)19-16(20)13-7-5-12(10-18)6-8-13/h2-4,9,11-13H,5-8,10,18H2,1H3,(H,19,20)/t11-,12?,13?/m0/s1. The Hall–Kier alpha value is -0.870. The van der Waals surface area contributed by atoms with Crippen LogP contribution in [-0.4, -0.2) is 12.5 Å². The number of nitrogens with one attached hydrogen (secondary N) is 1. The Morgan fingerprint density at radius 2 is 2.10 bits per heavy atom. The predicted molar refractivity (Wildman–Crippen MR) is 85.2 cm³/mol. The maximum atomic E-state index is 12.3. The molecule has 1 saturated carbocycles. The predicted octanol–water partition coefficient (Wildman–Crippen LogP) is 3.39. The van der Waals surface area contributed by atoms with E-state index in [1.807, 2.05) is 25.1 Å². The Morgan fingerprint density at radius 3 is 2.70 bits per heavy atom. The van der Waals surface area contributed by atoms with Gasteiger partial charge in [0.1, 0.15) is 0 Å². The first-order valence-corrected chi connectivity index (χ1v) is 8.15. The first-order chi connectivity index (χ1) is 9.60. The van der Waals surface area contributed by atoms with Crippen molar-refractivity contribution in [2.75, 3.05) is 6.54 Å². The summed E-state index contributed by atoms with van der Waals surface area (Å²) < 4.78 is 1.04. The fraction of sp³-hybridized carbons (Fsp3) is 0.562. The van der Waals surface area contributed by atoms with Crippen molar-refractivity contribution < 1.29 is 4.79 Å². The Kier molecular flexibility index (Phi) is 5.61. The molecule has 20 heavy (non-hydrogen) atoms. The molecule has 1 aliphatic rings. The van der Waals surface area contributed by atoms with Gasteiger partial charge in [0.05, 0.1) is 6.04 Å². The molecule has 3 N–H and O–H groups in total. The molecular weight excluding hydrogens is 316 g/mol. The summed E-state index contributed by atoms with van der Waals surface area (Å²) in [5.41, 5.74) is 6.82. The van der Waals surface area contributed by atoms with Crippen LogP contribution in [0.25, 0.3) is 0 Å². The summed E-state index contributed by atoms with van der Waals surface area (Å²) in [4.78, 5) is 12.3. The van der Waals surface area contributed by atoms with Crippen LogP contribution in [0, 0.1) is 11.8 Å². The minimum atomic E-state index is 0.0484. The number of hydrogen-bond donors (Lipinski definition) is 2. The Bertz CT molecular complexity index is 456. The normalized spacial score (nSPS) is 24.1. The van der Waals surface area contributed by atoms with Gasteiger partial charge in [0.15, 0.2) is 0 Å². The van der Waals surface area contributed by atoms with E-state index in [0.717, 1.165) is 42.3 Å². The SMILES string of the molecule is C[C@H](NC(=O)C1CCC(CN)CC1)c1cccc(Br)c1. The molecule has 2 rings (SSSR count). The van der Waals surface area contributed by atoms with Crippen molar-refractivity contribution >= 4 is 21.8 Å². The van der Waals surface area contributed by atoms with Crippen LogP contribution in [0.5, 0.6) is 0 Å². The zero-order chi connectivity index (χ0) is 14.5. The van der Waals surface area contributed by atoms with Gasteiger partial charge >= 0.3 is 0 Å². The average molecular weight is 339 g/mol. The smallest absolute Gasteiger partial charge is 0.223 e. The van der Waals surface area contributed by atoms with E-state index in [1.54, 1.807) is 0 Å². The molecule has 4 heteroatoms. The average Bonchev–Trinajstić information content (AvgIpc) is 2.47. The van der Waals surface area contributed by atoms with Crippen LogP contribution in [0.15, 0.2) is 28.7 Å². The van der Waals surface area contributed by atoms with Gasteiger partial charge in [0.2, 0.25) is 5.91 Å². The topological polar surface area (TPSA) is 55.1 Å². The highest BCUT2D eigenvalue weighted by Gasteiger charge is 2.26. The number of carbonyl (C=O) groups excluding carboxylic acids is 1. The first-order valence-electron chi connectivity index (χ1n) is 7.36. The maximum absolute atomic E-state index is 12.3. The van der Waals surface area contributed by atoms with Gasteiger partial charge in [0.25, 0.3) is 0 Å². The number of rotatable bonds is 4. The quantitative estimate of drug-likeness (QED) is 0.883. The number of hydrogen-bond acceptors (Lipinski definition) is 2. The van der Waals surface area contributed by atoms with Crippen LogP contribution in [-0.2, 0) is 4.79 Å². The van der Waals surface area contributed by atoms with Crippen LogP contribution >= 0.6 is 15.9 Å². The van der Waals surface area contributed by atoms with Crippen LogP contribution in [0.2, 0.25) is 0 Å². The van der Waals surface area contributed by atoms with Crippen molar-refractivity contribution in [3.63, 3.8) is 0 Å². The molecule has 1 aromatic rings. The van der Waals surface area contributed by atoms with E-state index >= 15 is 0 Å². The van der Waals surface area contributed by atoms with E-state index in [9.17, 15) is 4.79 Å². The minimum absolute atomic E-state index is 0.0484. The third-order valence-electron chi connectivity index (χ3n) is 4.26. The maximum Gasteiger partial charge on any atom is 0.223 e. The van der Waals surface area contributed by atoms with Gasteiger partial charge in [-0.15, -0.1) is 0 Å². The second-order valence-corrected chi connectivity index (χ2v) is 6.65. The molecular formula is C16H23BrN2O. The van der Waals surface area contributed by atoms with Crippen LogP contribution < -0.4 is 11.1 Å². The molecule has 0 aromatic heterocycles. The second kappa shape index (κ2) is 7.23. The lowest BCUT2D eigenvalue weighted by Crippen LogP contribution is -2.35. The molecule has 3 nitrogen and oxygen atoms in total. The summed E-state index contributed by atoms with van der Waals surface area (Å²) in [5, 5.41) is 3.13. The number of nitrogens with two attached hydrogens (primary N) is 1. The van der Waals surface area contributed by atoms with Crippen LogP contribution in [0.4, 0.5) is 0 Å². The Morgan fingerprint density at radius 1 is 1.40 bits per heavy atom. The molecule has 0 radical (unpaired) electrons. The zero-order valence-electron chi connectivity index (χ0n) is 11.9. The van der Waals surface area contributed by atoms with Crippen molar-refractivity contribution in [1.29, 1.82) is 0 Å². The zero-order valence-corrected chi connectivity index (χ0v) is 13.5. The van der Waals surface area contributed by atoms with E-state index < -0.39 is 0 Å². The van der Waals surface area contributed by atoms with Crippen molar-refractivity contribution in [2.24, 2.45) is 17.6 Å². The molecule has 1 atom stereocenters. The Balaban J connectivity index is 1.88. The fourth-order valence-corrected chi connectivity index (χ4v) is 3.27. The number of carbonyl (C=O) groups is 1. The molecule has 0 unspecified atom stereocenters. The van der Waals surface area contributed by atoms with Crippen LogP contribution in [0.1, 0.15) is 44.2 Å². The lowest BCUT2D eigenvalue weighted by atomic mass is 9.81. The summed E-state index contributed by atoms with van der Waals surface area (Å²) in [6.07, 6.45) is 4.11. The number of halogens is 1. The molecule has 1 aliphatic carbocycles. The van der Waals surface area contributed by atoms with E-state index in [4.69, 9.17) is 5.73 Å². The highest BCUT2D eigenvalue weighted by Crippen LogP contribution is 2.29. The third kappa shape index (κ3) is 4.06. The molecule has 0 aliphatic heterocycles. The van der Waals surface area contributed by atoms with Crippen molar-refractivity contribution in [2.45, 2.75) is 38.6 Å². The van der Waals surface area contributed by atoms with E-state index in [1.165, 1.54) is 0 Å². The summed E-state index contributed by atoms with van der Waals surface area (Å²) >= 11 is 3.46. The van der Waals surface area contributed by atoms with Gasteiger partial charge in [0, 0.05) is 10.4 Å². The molecule has 0 saturated heterocycles. The highest BCUT2D eigenvalue weighted by atomic mass is 79.9. The minimum Gasteiger partial charge on any atom is -0.349 e.